The lowest BCUT2D eigenvalue weighted by atomic mass is 10.2. The van der Waals surface area contributed by atoms with E-state index in [1.807, 2.05) is 66.4 Å². The molecule has 4 rings (SSSR count). The Kier molecular flexibility index (Phi) is 8.48. The van der Waals surface area contributed by atoms with E-state index in [0.717, 1.165) is 22.4 Å². The lowest BCUT2D eigenvalue weighted by Gasteiger charge is -2.33. The number of aryl methyl sites for hydroxylation is 1. The van der Waals surface area contributed by atoms with Crippen LogP contribution in [0.25, 0.3) is 0 Å². The zero-order valence-electron chi connectivity index (χ0n) is 20.2. The Balaban J connectivity index is 1.19. The van der Waals surface area contributed by atoms with Crippen LogP contribution < -0.4 is 10.2 Å². The molecule has 8 nitrogen and oxygen atoms in total. The van der Waals surface area contributed by atoms with Crippen LogP contribution in [0.2, 0.25) is 0 Å². The summed E-state index contributed by atoms with van der Waals surface area (Å²) in [5, 5.41) is 4.03. The maximum atomic E-state index is 12.8. The summed E-state index contributed by atoms with van der Waals surface area (Å²) in [6.07, 6.45) is 1.57. The van der Waals surface area contributed by atoms with Crippen LogP contribution in [-0.2, 0) is 21.4 Å². The number of hydrazone groups is 1. The summed E-state index contributed by atoms with van der Waals surface area (Å²) >= 11 is 0. The van der Waals surface area contributed by atoms with E-state index in [0.29, 0.717) is 37.7 Å². The Hall–Kier alpha value is -3.53. The first kappa shape index (κ1) is 25.6. The van der Waals surface area contributed by atoms with Gasteiger partial charge in [0.2, 0.25) is 10.0 Å². The molecular formula is C27H30N4O4S. The summed E-state index contributed by atoms with van der Waals surface area (Å²) in [4.78, 5) is 14.5. The molecule has 1 aliphatic rings. The van der Waals surface area contributed by atoms with Gasteiger partial charge in [0.25, 0.3) is 5.91 Å². The van der Waals surface area contributed by atoms with Gasteiger partial charge in [-0.15, -0.1) is 0 Å². The molecule has 1 amide bonds. The van der Waals surface area contributed by atoms with Crippen LogP contribution in [0, 0.1) is 6.92 Å². The second kappa shape index (κ2) is 11.9. The largest absolute Gasteiger partial charge is 0.489 e. The highest BCUT2D eigenvalue weighted by Gasteiger charge is 2.28. The van der Waals surface area contributed by atoms with Gasteiger partial charge in [0.05, 0.1) is 17.7 Å². The fraction of sp³-hybridized carbons (Fsp3) is 0.259. The molecule has 1 saturated heterocycles. The Morgan fingerprint density at radius 3 is 2.28 bits per heavy atom. The normalized spacial score (nSPS) is 15.1. The van der Waals surface area contributed by atoms with E-state index in [1.165, 1.54) is 4.31 Å². The van der Waals surface area contributed by atoms with Gasteiger partial charge in [-0.1, -0.05) is 48.0 Å². The highest BCUT2D eigenvalue weighted by molar-refractivity contribution is 7.89. The highest BCUT2D eigenvalue weighted by atomic mass is 32.2. The number of amides is 1. The van der Waals surface area contributed by atoms with E-state index < -0.39 is 10.0 Å². The van der Waals surface area contributed by atoms with Crippen LogP contribution in [0.3, 0.4) is 0 Å². The first-order valence-corrected chi connectivity index (χ1v) is 13.2. The van der Waals surface area contributed by atoms with Gasteiger partial charge in [0.1, 0.15) is 12.4 Å². The molecule has 0 radical (unpaired) electrons. The molecule has 0 aliphatic carbocycles. The summed E-state index contributed by atoms with van der Waals surface area (Å²) in [6, 6.07) is 24.2. The molecule has 0 aromatic heterocycles. The van der Waals surface area contributed by atoms with Gasteiger partial charge in [-0.2, -0.15) is 9.41 Å². The smallest absolute Gasteiger partial charge is 0.254 e. The zero-order valence-corrected chi connectivity index (χ0v) is 21.0. The van der Waals surface area contributed by atoms with Crippen molar-refractivity contribution in [3.8, 4) is 5.75 Å². The van der Waals surface area contributed by atoms with Crippen molar-refractivity contribution in [3.05, 3.63) is 95.6 Å². The van der Waals surface area contributed by atoms with Gasteiger partial charge in [-0.05, 0) is 54.4 Å². The van der Waals surface area contributed by atoms with E-state index in [-0.39, 0.29) is 12.5 Å². The van der Waals surface area contributed by atoms with E-state index in [1.54, 1.807) is 30.5 Å². The number of hydrogen-bond donors (Lipinski definition) is 1. The van der Waals surface area contributed by atoms with Crippen molar-refractivity contribution in [2.24, 2.45) is 5.10 Å². The number of ether oxygens (including phenoxy) is 1. The topological polar surface area (TPSA) is 91.3 Å². The minimum absolute atomic E-state index is 0.155. The number of hydrogen-bond acceptors (Lipinski definition) is 6. The quantitative estimate of drug-likeness (QED) is 0.356. The first-order valence-electron chi connectivity index (χ1n) is 11.8. The molecule has 3 aromatic carbocycles. The molecule has 1 fully saturated rings. The summed E-state index contributed by atoms with van der Waals surface area (Å²) in [7, 11) is -3.52. The van der Waals surface area contributed by atoms with E-state index in [2.05, 4.69) is 10.5 Å². The van der Waals surface area contributed by atoms with Crippen molar-refractivity contribution in [1.29, 1.82) is 0 Å². The number of sulfonamides is 1. The number of piperazine rings is 1. The van der Waals surface area contributed by atoms with Crippen molar-refractivity contribution in [2.45, 2.75) is 18.4 Å². The van der Waals surface area contributed by atoms with Gasteiger partial charge >= 0.3 is 0 Å². The highest BCUT2D eigenvalue weighted by Crippen LogP contribution is 2.18. The number of rotatable bonds is 9. The molecule has 0 unspecified atom stereocenters. The van der Waals surface area contributed by atoms with Crippen LogP contribution in [-0.4, -0.2) is 62.5 Å². The lowest BCUT2D eigenvalue weighted by molar-refractivity contribution is -0.122. The standard InChI is InChI=1S/C27H30N4O4S/c1-22-7-13-26(14-8-22)36(33,34)31-17-15-30(16-18-31)20-27(32)29-28-19-23-9-11-25(12-10-23)35-21-24-5-3-2-4-6-24/h2-14,19H,15-18,20-21H2,1H3,(H,29,32). The van der Waals surface area contributed by atoms with Crippen LogP contribution in [0.15, 0.2) is 88.9 Å². The van der Waals surface area contributed by atoms with Gasteiger partial charge in [0.15, 0.2) is 0 Å². The Morgan fingerprint density at radius 1 is 0.944 bits per heavy atom. The molecule has 0 bridgehead atoms. The molecule has 0 atom stereocenters. The third-order valence-corrected chi connectivity index (χ3v) is 7.80. The second-order valence-electron chi connectivity index (χ2n) is 8.63. The van der Waals surface area contributed by atoms with Crippen molar-refractivity contribution in [2.75, 3.05) is 32.7 Å². The number of carbonyl (C=O) groups excluding carboxylic acids is 1. The number of benzene rings is 3. The van der Waals surface area contributed by atoms with Gasteiger partial charge in [-0.25, -0.2) is 13.8 Å². The third-order valence-electron chi connectivity index (χ3n) is 5.89. The molecule has 1 N–H and O–H groups in total. The molecule has 9 heteroatoms. The van der Waals surface area contributed by atoms with Crippen molar-refractivity contribution < 1.29 is 17.9 Å². The summed E-state index contributed by atoms with van der Waals surface area (Å²) in [5.74, 6) is 0.507. The van der Waals surface area contributed by atoms with Gasteiger partial charge < -0.3 is 4.74 Å². The van der Waals surface area contributed by atoms with Crippen LogP contribution in [0.5, 0.6) is 5.75 Å². The molecule has 1 aliphatic heterocycles. The molecule has 0 spiro atoms. The van der Waals surface area contributed by atoms with E-state index in [4.69, 9.17) is 4.74 Å². The number of carbonyl (C=O) groups is 1. The summed E-state index contributed by atoms with van der Waals surface area (Å²) in [5.41, 5.74) is 5.48. The van der Waals surface area contributed by atoms with Crippen LogP contribution >= 0.6 is 0 Å². The second-order valence-corrected chi connectivity index (χ2v) is 10.6. The van der Waals surface area contributed by atoms with Gasteiger partial charge in [0, 0.05) is 26.2 Å². The van der Waals surface area contributed by atoms with Crippen molar-refractivity contribution in [3.63, 3.8) is 0 Å². The van der Waals surface area contributed by atoms with Crippen molar-refractivity contribution >= 4 is 22.1 Å². The minimum atomic E-state index is -3.52. The molecular weight excluding hydrogens is 476 g/mol. The van der Waals surface area contributed by atoms with Crippen LogP contribution in [0.1, 0.15) is 16.7 Å². The lowest BCUT2D eigenvalue weighted by Crippen LogP contribution is -2.50. The average molecular weight is 507 g/mol. The molecule has 36 heavy (non-hydrogen) atoms. The molecule has 188 valence electrons. The predicted molar refractivity (Wildman–Crippen MR) is 139 cm³/mol. The predicted octanol–water partition coefficient (Wildman–Crippen LogP) is 3.03. The first-order chi connectivity index (χ1) is 17.4. The van der Waals surface area contributed by atoms with Crippen LogP contribution in [0.4, 0.5) is 0 Å². The summed E-state index contributed by atoms with van der Waals surface area (Å²) in [6.45, 7) is 4.21. The molecule has 3 aromatic rings. The summed E-state index contributed by atoms with van der Waals surface area (Å²) < 4.78 is 32.9. The van der Waals surface area contributed by atoms with E-state index >= 15 is 0 Å². The zero-order chi connectivity index (χ0) is 25.4. The van der Waals surface area contributed by atoms with Crippen molar-refractivity contribution in [1.82, 2.24) is 14.6 Å². The van der Waals surface area contributed by atoms with Gasteiger partial charge in [-0.3, -0.25) is 9.69 Å². The maximum absolute atomic E-state index is 12.8. The average Bonchev–Trinajstić information content (AvgIpc) is 2.89. The Labute approximate surface area is 212 Å². The third kappa shape index (κ3) is 7.00. The fourth-order valence-electron chi connectivity index (χ4n) is 3.80. The molecule has 1 heterocycles. The SMILES string of the molecule is Cc1ccc(S(=O)(=O)N2CCN(CC(=O)NN=Cc3ccc(OCc4ccccc4)cc3)CC2)cc1. The number of nitrogens with zero attached hydrogens (tertiary/aromatic N) is 3. The monoisotopic (exact) mass is 506 g/mol. The Bertz CT molecular complexity index is 1270. The van der Waals surface area contributed by atoms with E-state index in [9.17, 15) is 13.2 Å². The minimum Gasteiger partial charge on any atom is -0.489 e. The maximum Gasteiger partial charge on any atom is 0.254 e. The fourth-order valence-corrected chi connectivity index (χ4v) is 5.22. The Morgan fingerprint density at radius 2 is 1.61 bits per heavy atom. The molecule has 0 saturated carbocycles. The number of nitrogens with one attached hydrogen (secondary N) is 1.